The summed E-state index contributed by atoms with van der Waals surface area (Å²) in [6.45, 7) is 6.49. The molecule has 2 aliphatic rings. The van der Waals surface area contributed by atoms with Crippen LogP contribution in [0, 0.1) is 19.8 Å². The monoisotopic (exact) mass is 483 g/mol. The standard InChI is InChI=1S/C28H29N5O3/c1-18-3-4-19(2)22(13-18)23-15-24-27(29-9-12-33(24)31-23)32-10-7-21(8-11-32)28(34)30-16-20-5-6-25-26(14-20)36-17-35-25/h3-6,9,12-15,21H,7-8,10-11,16-17H2,1-2H3,(H,30,34). The second-order valence-corrected chi connectivity index (χ2v) is 9.60. The fraction of sp³-hybridized carbons (Fsp3) is 0.321. The van der Waals surface area contributed by atoms with Crippen molar-refractivity contribution in [3.8, 4) is 22.8 Å². The van der Waals surface area contributed by atoms with Crippen molar-refractivity contribution in [2.75, 3.05) is 24.8 Å². The Morgan fingerprint density at radius 1 is 1.06 bits per heavy atom. The quantitative estimate of drug-likeness (QED) is 0.457. The lowest BCUT2D eigenvalue weighted by Crippen LogP contribution is -2.40. The van der Waals surface area contributed by atoms with Crippen molar-refractivity contribution in [1.29, 1.82) is 0 Å². The van der Waals surface area contributed by atoms with Crippen molar-refractivity contribution >= 4 is 17.2 Å². The molecule has 0 atom stereocenters. The van der Waals surface area contributed by atoms with Gasteiger partial charge in [0.15, 0.2) is 17.3 Å². The van der Waals surface area contributed by atoms with E-state index < -0.39 is 0 Å². The van der Waals surface area contributed by atoms with Gasteiger partial charge in [-0.25, -0.2) is 9.50 Å². The molecule has 0 bridgehead atoms. The van der Waals surface area contributed by atoms with Gasteiger partial charge in [0.2, 0.25) is 12.7 Å². The first-order valence-corrected chi connectivity index (χ1v) is 12.4. The van der Waals surface area contributed by atoms with Gasteiger partial charge >= 0.3 is 0 Å². The maximum Gasteiger partial charge on any atom is 0.231 e. The van der Waals surface area contributed by atoms with E-state index in [1.54, 1.807) is 6.20 Å². The number of hydrogen-bond acceptors (Lipinski definition) is 6. The molecule has 0 saturated carbocycles. The normalized spacial score (nSPS) is 15.4. The van der Waals surface area contributed by atoms with Crippen molar-refractivity contribution in [2.45, 2.75) is 33.2 Å². The summed E-state index contributed by atoms with van der Waals surface area (Å²) in [5.41, 5.74) is 6.49. The van der Waals surface area contributed by atoms with E-state index in [9.17, 15) is 4.79 Å². The molecule has 8 heteroatoms. The van der Waals surface area contributed by atoms with Gasteiger partial charge in [-0.15, -0.1) is 0 Å². The van der Waals surface area contributed by atoms with Gasteiger partial charge in [0.1, 0.15) is 5.52 Å². The van der Waals surface area contributed by atoms with Crippen molar-refractivity contribution in [2.24, 2.45) is 5.92 Å². The zero-order chi connectivity index (χ0) is 24.6. The Labute approximate surface area is 209 Å². The average molecular weight is 484 g/mol. The summed E-state index contributed by atoms with van der Waals surface area (Å²) in [6, 6.07) is 14.3. The second-order valence-electron chi connectivity index (χ2n) is 9.60. The molecule has 0 unspecified atom stereocenters. The van der Waals surface area contributed by atoms with Crippen LogP contribution in [0.4, 0.5) is 5.82 Å². The topological polar surface area (TPSA) is 81.0 Å². The fourth-order valence-corrected chi connectivity index (χ4v) is 5.03. The number of nitrogens with one attached hydrogen (secondary N) is 1. The Balaban J connectivity index is 1.12. The van der Waals surface area contributed by atoms with Gasteiger partial charge in [0, 0.05) is 43.5 Å². The minimum Gasteiger partial charge on any atom is -0.454 e. The molecule has 2 aromatic carbocycles. The largest absolute Gasteiger partial charge is 0.454 e. The van der Waals surface area contributed by atoms with Crippen LogP contribution < -0.4 is 19.7 Å². The molecule has 1 fully saturated rings. The number of amides is 1. The summed E-state index contributed by atoms with van der Waals surface area (Å²) in [4.78, 5) is 19.8. The Hall–Kier alpha value is -4.07. The molecule has 1 N–H and O–H groups in total. The Morgan fingerprint density at radius 2 is 1.89 bits per heavy atom. The lowest BCUT2D eigenvalue weighted by molar-refractivity contribution is -0.125. The number of hydrogen-bond donors (Lipinski definition) is 1. The molecule has 184 valence electrons. The number of nitrogens with zero attached hydrogens (tertiary/aromatic N) is 4. The summed E-state index contributed by atoms with van der Waals surface area (Å²) < 4.78 is 12.7. The first-order chi connectivity index (χ1) is 17.5. The molecule has 1 amide bonds. The van der Waals surface area contributed by atoms with Crippen LogP contribution in [0.3, 0.4) is 0 Å². The molecule has 4 heterocycles. The van der Waals surface area contributed by atoms with Gasteiger partial charge < -0.3 is 19.7 Å². The SMILES string of the molecule is Cc1ccc(C)c(-c2cc3c(N4CCC(C(=O)NCc5ccc6c(c5)OCO6)CC4)nccn3n2)c1. The Kier molecular flexibility index (Phi) is 5.71. The third kappa shape index (κ3) is 4.23. The van der Waals surface area contributed by atoms with Crippen LogP contribution in [0.15, 0.2) is 54.9 Å². The molecule has 0 spiro atoms. The van der Waals surface area contributed by atoms with Crippen LogP contribution in [0.5, 0.6) is 11.5 Å². The number of carbonyl (C=O) groups is 1. The van der Waals surface area contributed by atoms with Gasteiger partial charge in [-0.2, -0.15) is 5.10 Å². The molecule has 2 aromatic heterocycles. The summed E-state index contributed by atoms with van der Waals surface area (Å²) in [6.07, 6.45) is 5.26. The molecular weight excluding hydrogens is 454 g/mol. The van der Waals surface area contributed by atoms with E-state index >= 15 is 0 Å². The maximum atomic E-state index is 12.9. The number of carbonyl (C=O) groups excluding carboxylic acids is 1. The van der Waals surface area contributed by atoms with Crippen molar-refractivity contribution in [1.82, 2.24) is 19.9 Å². The Morgan fingerprint density at radius 3 is 2.75 bits per heavy atom. The van der Waals surface area contributed by atoms with Crippen LogP contribution in [0.25, 0.3) is 16.8 Å². The smallest absolute Gasteiger partial charge is 0.231 e. The molecule has 0 aliphatic carbocycles. The third-order valence-corrected chi connectivity index (χ3v) is 7.11. The molecule has 8 nitrogen and oxygen atoms in total. The summed E-state index contributed by atoms with van der Waals surface area (Å²) in [7, 11) is 0. The highest BCUT2D eigenvalue weighted by molar-refractivity contribution is 5.80. The van der Waals surface area contributed by atoms with Crippen LogP contribution in [0.1, 0.15) is 29.5 Å². The lowest BCUT2D eigenvalue weighted by Gasteiger charge is -2.32. The highest BCUT2D eigenvalue weighted by Gasteiger charge is 2.27. The zero-order valence-corrected chi connectivity index (χ0v) is 20.5. The van der Waals surface area contributed by atoms with Crippen molar-refractivity contribution in [3.05, 3.63) is 71.5 Å². The molecule has 4 aromatic rings. The van der Waals surface area contributed by atoms with Crippen LogP contribution in [-0.4, -0.2) is 40.4 Å². The van der Waals surface area contributed by atoms with E-state index in [2.05, 4.69) is 48.3 Å². The summed E-state index contributed by atoms with van der Waals surface area (Å²) in [5.74, 6) is 2.49. The van der Waals surface area contributed by atoms with Gasteiger partial charge in [-0.3, -0.25) is 4.79 Å². The number of ether oxygens (including phenoxy) is 2. The van der Waals surface area contributed by atoms with E-state index in [0.717, 1.165) is 65.6 Å². The van der Waals surface area contributed by atoms with Crippen molar-refractivity contribution < 1.29 is 14.3 Å². The molecule has 36 heavy (non-hydrogen) atoms. The van der Waals surface area contributed by atoms with Gasteiger partial charge in [-0.1, -0.05) is 23.8 Å². The predicted molar refractivity (Wildman–Crippen MR) is 137 cm³/mol. The number of benzene rings is 2. The van der Waals surface area contributed by atoms with Crippen molar-refractivity contribution in [3.63, 3.8) is 0 Å². The minimum absolute atomic E-state index is 0.00888. The summed E-state index contributed by atoms with van der Waals surface area (Å²) >= 11 is 0. The maximum absolute atomic E-state index is 12.9. The average Bonchev–Trinajstić information content (AvgIpc) is 3.55. The molecule has 2 aliphatic heterocycles. The van der Waals surface area contributed by atoms with Gasteiger partial charge in [-0.05, 0) is 62.1 Å². The highest BCUT2D eigenvalue weighted by atomic mass is 16.7. The number of aryl methyl sites for hydroxylation is 2. The van der Waals surface area contributed by atoms with Crippen LogP contribution >= 0.6 is 0 Å². The first kappa shape index (κ1) is 22.4. The first-order valence-electron chi connectivity index (χ1n) is 12.4. The van der Waals surface area contributed by atoms with E-state index in [1.807, 2.05) is 28.9 Å². The number of aromatic nitrogens is 3. The second kappa shape index (κ2) is 9.18. The lowest BCUT2D eigenvalue weighted by atomic mass is 9.95. The molecule has 0 radical (unpaired) electrons. The molecular formula is C28H29N5O3. The van der Waals surface area contributed by atoms with Crippen LogP contribution in [0.2, 0.25) is 0 Å². The van der Waals surface area contributed by atoms with Gasteiger partial charge in [0.25, 0.3) is 0 Å². The van der Waals surface area contributed by atoms with E-state index in [-0.39, 0.29) is 18.6 Å². The van der Waals surface area contributed by atoms with Gasteiger partial charge in [0.05, 0.1) is 5.69 Å². The van der Waals surface area contributed by atoms with E-state index in [4.69, 9.17) is 19.6 Å². The predicted octanol–water partition coefficient (Wildman–Crippen LogP) is 4.27. The van der Waals surface area contributed by atoms with E-state index in [1.165, 1.54) is 11.1 Å². The summed E-state index contributed by atoms with van der Waals surface area (Å²) in [5, 5.41) is 7.92. The zero-order valence-electron chi connectivity index (χ0n) is 20.5. The Bertz CT molecular complexity index is 1440. The number of rotatable bonds is 5. The molecule has 6 rings (SSSR count). The minimum atomic E-state index is -0.00888. The van der Waals surface area contributed by atoms with E-state index in [0.29, 0.717) is 6.54 Å². The number of fused-ring (bicyclic) bond motifs is 2. The number of piperidine rings is 1. The highest BCUT2D eigenvalue weighted by Crippen LogP contribution is 2.33. The number of anilines is 1. The third-order valence-electron chi connectivity index (χ3n) is 7.11. The van der Waals surface area contributed by atoms with Crippen LogP contribution in [-0.2, 0) is 11.3 Å². The fourth-order valence-electron chi connectivity index (χ4n) is 5.03. The molecule has 1 saturated heterocycles.